The van der Waals surface area contributed by atoms with Crippen LogP contribution in [0.4, 0.5) is 0 Å². The zero-order valence-electron chi connectivity index (χ0n) is 13.5. The number of carbonyl (C=O) groups is 2. The van der Waals surface area contributed by atoms with Gasteiger partial charge in [-0.2, -0.15) is 0 Å². The lowest BCUT2D eigenvalue weighted by Gasteiger charge is -2.33. The molecular weight excluding hydrogens is 276 g/mol. The van der Waals surface area contributed by atoms with E-state index in [9.17, 15) is 9.59 Å². The van der Waals surface area contributed by atoms with Crippen LogP contribution in [0, 0.1) is 35.5 Å². The third kappa shape index (κ3) is 3.42. The summed E-state index contributed by atoms with van der Waals surface area (Å²) in [6.07, 6.45) is 8.11. The average Bonchev–Trinajstić information content (AvgIpc) is 3.18. The molecule has 3 N–H and O–H groups in total. The lowest BCUT2D eigenvalue weighted by atomic mass is 9.73. The van der Waals surface area contributed by atoms with E-state index in [0.29, 0.717) is 0 Å². The lowest BCUT2D eigenvalue weighted by Crippen LogP contribution is -2.35. The van der Waals surface area contributed by atoms with Gasteiger partial charge in [-0.05, 0) is 66.9 Å². The van der Waals surface area contributed by atoms with Gasteiger partial charge in [0.15, 0.2) is 0 Å². The molecule has 3 rings (SSSR count). The first-order valence-electron chi connectivity index (χ1n) is 8.30. The van der Waals surface area contributed by atoms with Crippen molar-refractivity contribution < 1.29 is 9.59 Å². The summed E-state index contributed by atoms with van der Waals surface area (Å²) in [6, 6.07) is 0. The Morgan fingerprint density at radius 2 is 1.86 bits per heavy atom. The number of hydrogen-bond acceptors (Lipinski definition) is 2. The standard InChI is InChI=1S/C15H23NO.C3H5NO/c1-3-14(17)16-8-11-6-10-7-13(11)12-5-4-9(2)15(10)12;1-2-3(4)5/h3,9-13,15H,1,4-8H2,2H3,(H,16,17);2H,1H2,(H2,4,5). The van der Waals surface area contributed by atoms with Gasteiger partial charge in [-0.3, -0.25) is 9.59 Å². The zero-order chi connectivity index (χ0) is 16.3. The van der Waals surface area contributed by atoms with Crippen LogP contribution in [0.2, 0.25) is 0 Å². The van der Waals surface area contributed by atoms with Crippen molar-refractivity contribution in [3.63, 3.8) is 0 Å². The molecule has 4 nitrogen and oxygen atoms in total. The van der Waals surface area contributed by atoms with Crippen molar-refractivity contribution in [1.82, 2.24) is 5.32 Å². The molecule has 0 aromatic heterocycles. The van der Waals surface area contributed by atoms with Crippen molar-refractivity contribution in [2.45, 2.75) is 32.6 Å². The molecule has 0 heterocycles. The summed E-state index contributed by atoms with van der Waals surface area (Å²) < 4.78 is 0. The summed E-state index contributed by atoms with van der Waals surface area (Å²) in [7, 11) is 0. The molecule has 2 amide bonds. The summed E-state index contributed by atoms with van der Waals surface area (Å²) >= 11 is 0. The van der Waals surface area contributed by atoms with E-state index >= 15 is 0 Å². The number of carbonyl (C=O) groups excluding carboxylic acids is 2. The van der Waals surface area contributed by atoms with Crippen molar-refractivity contribution in [2.75, 3.05) is 6.54 Å². The highest BCUT2D eigenvalue weighted by molar-refractivity contribution is 5.86. The van der Waals surface area contributed by atoms with Gasteiger partial charge in [-0.25, -0.2) is 0 Å². The van der Waals surface area contributed by atoms with E-state index < -0.39 is 5.91 Å². The van der Waals surface area contributed by atoms with Crippen molar-refractivity contribution in [3.05, 3.63) is 25.3 Å². The molecule has 0 aromatic rings. The summed E-state index contributed by atoms with van der Waals surface area (Å²) in [6.45, 7) is 9.91. The average molecular weight is 304 g/mol. The van der Waals surface area contributed by atoms with E-state index in [1.165, 1.54) is 31.8 Å². The van der Waals surface area contributed by atoms with E-state index in [4.69, 9.17) is 0 Å². The predicted molar refractivity (Wildman–Crippen MR) is 87.7 cm³/mol. The number of rotatable bonds is 4. The van der Waals surface area contributed by atoms with Gasteiger partial charge in [0, 0.05) is 6.54 Å². The van der Waals surface area contributed by atoms with Crippen LogP contribution in [0.25, 0.3) is 0 Å². The van der Waals surface area contributed by atoms with Crippen molar-refractivity contribution in [3.8, 4) is 0 Å². The fourth-order valence-electron chi connectivity index (χ4n) is 5.16. The highest BCUT2D eigenvalue weighted by Gasteiger charge is 2.55. The molecule has 0 spiro atoms. The normalized spacial score (nSPS) is 37.7. The van der Waals surface area contributed by atoms with Crippen LogP contribution in [-0.4, -0.2) is 18.4 Å². The van der Waals surface area contributed by atoms with Crippen LogP contribution in [0.3, 0.4) is 0 Å². The fraction of sp³-hybridized carbons (Fsp3) is 0.667. The number of nitrogens with one attached hydrogen (secondary N) is 1. The van der Waals surface area contributed by atoms with Gasteiger partial charge in [0.2, 0.25) is 11.8 Å². The van der Waals surface area contributed by atoms with Crippen molar-refractivity contribution in [2.24, 2.45) is 41.2 Å². The second kappa shape index (κ2) is 7.12. The molecule has 6 unspecified atom stereocenters. The van der Waals surface area contributed by atoms with Crippen molar-refractivity contribution >= 4 is 11.8 Å². The first kappa shape index (κ1) is 16.8. The van der Waals surface area contributed by atoms with Gasteiger partial charge >= 0.3 is 0 Å². The molecule has 122 valence electrons. The largest absolute Gasteiger partial charge is 0.366 e. The SMILES string of the molecule is C=CC(=O)NCC1CC2CC1C1CCC(C)C21.C=CC(N)=O. The van der Waals surface area contributed by atoms with Gasteiger partial charge in [-0.1, -0.05) is 26.5 Å². The molecular formula is C18H28N2O2. The first-order chi connectivity index (χ1) is 10.5. The summed E-state index contributed by atoms with van der Waals surface area (Å²) in [5, 5.41) is 2.99. The third-order valence-electron chi connectivity index (χ3n) is 5.91. The first-order valence-corrected chi connectivity index (χ1v) is 8.30. The molecule has 3 aliphatic rings. The Hall–Kier alpha value is -1.58. The Bertz CT molecular complexity index is 460. The maximum atomic E-state index is 11.2. The summed E-state index contributed by atoms with van der Waals surface area (Å²) in [4.78, 5) is 20.7. The predicted octanol–water partition coefficient (Wildman–Crippen LogP) is 2.26. The number of fused-ring (bicyclic) bond motifs is 5. The zero-order valence-corrected chi connectivity index (χ0v) is 13.5. The summed E-state index contributed by atoms with van der Waals surface area (Å²) in [5.41, 5.74) is 4.53. The molecule has 2 bridgehead atoms. The van der Waals surface area contributed by atoms with Crippen LogP contribution in [0.1, 0.15) is 32.6 Å². The van der Waals surface area contributed by atoms with Gasteiger partial charge in [0.1, 0.15) is 0 Å². The Balaban J connectivity index is 0.000000309. The van der Waals surface area contributed by atoms with Crippen LogP contribution < -0.4 is 11.1 Å². The van der Waals surface area contributed by atoms with Crippen LogP contribution >= 0.6 is 0 Å². The fourth-order valence-corrected chi connectivity index (χ4v) is 5.16. The number of hydrogen-bond donors (Lipinski definition) is 2. The molecule has 4 heteroatoms. The Labute approximate surface area is 133 Å². The van der Waals surface area contributed by atoms with Crippen LogP contribution in [0.15, 0.2) is 25.3 Å². The highest BCUT2D eigenvalue weighted by atomic mass is 16.1. The van der Waals surface area contributed by atoms with Crippen LogP contribution in [0.5, 0.6) is 0 Å². The van der Waals surface area contributed by atoms with E-state index in [0.717, 1.165) is 48.1 Å². The molecule has 0 aromatic carbocycles. The minimum Gasteiger partial charge on any atom is -0.366 e. The molecule has 3 fully saturated rings. The number of primary amides is 1. The monoisotopic (exact) mass is 304 g/mol. The maximum Gasteiger partial charge on any atom is 0.243 e. The summed E-state index contributed by atoms with van der Waals surface area (Å²) in [5.74, 6) is 5.08. The van der Waals surface area contributed by atoms with E-state index in [-0.39, 0.29) is 5.91 Å². The van der Waals surface area contributed by atoms with Gasteiger partial charge in [0.05, 0.1) is 0 Å². The molecule has 6 atom stereocenters. The smallest absolute Gasteiger partial charge is 0.243 e. The quantitative estimate of drug-likeness (QED) is 0.782. The van der Waals surface area contributed by atoms with E-state index in [1.54, 1.807) is 0 Å². The molecule has 0 radical (unpaired) electrons. The van der Waals surface area contributed by atoms with Crippen LogP contribution in [-0.2, 0) is 9.59 Å². The Kier molecular flexibility index (Phi) is 5.43. The maximum absolute atomic E-state index is 11.2. The minimum absolute atomic E-state index is 0.0101. The molecule has 0 aliphatic heterocycles. The second-order valence-corrected chi connectivity index (χ2v) is 7.01. The highest BCUT2D eigenvalue weighted by Crippen LogP contribution is 2.62. The molecule has 22 heavy (non-hydrogen) atoms. The van der Waals surface area contributed by atoms with Crippen molar-refractivity contribution in [1.29, 1.82) is 0 Å². The van der Waals surface area contributed by atoms with Gasteiger partial charge < -0.3 is 11.1 Å². The number of nitrogens with two attached hydrogens (primary N) is 1. The lowest BCUT2D eigenvalue weighted by molar-refractivity contribution is -0.117. The molecule has 3 saturated carbocycles. The number of amides is 2. The van der Waals surface area contributed by atoms with Gasteiger partial charge in [-0.15, -0.1) is 0 Å². The second-order valence-electron chi connectivity index (χ2n) is 7.01. The Morgan fingerprint density at radius 3 is 2.45 bits per heavy atom. The topological polar surface area (TPSA) is 72.2 Å². The van der Waals surface area contributed by atoms with E-state index in [1.807, 2.05) is 0 Å². The third-order valence-corrected chi connectivity index (χ3v) is 5.91. The van der Waals surface area contributed by atoms with E-state index in [2.05, 4.69) is 31.1 Å². The van der Waals surface area contributed by atoms with Gasteiger partial charge in [0.25, 0.3) is 0 Å². The minimum atomic E-state index is -0.481. The molecule has 0 saturated heterocycles. The Morgan fingerprint density at radius 1 is 1.18 bits per heavy atom. The molecule has 3 aliphatic carbocycles.